The Bertz CT molecular complexity index is 542. The summed E-state index contributed by atoms with van der Waals surface area (Å²) in [5, 5.41) is 5.27. The summed E-state index contributed by atoms with van der Waals surface area (Å²) in [5.41, 5.74) is 0.720. The van der Waals surface area contributed by atoms with E-state index < -0.39 is 0 Å². The Balaban J connectivity index is 2.23. The Morgan fingerprint density at radius 1 is 1.33 bits per heavy atom. The second-order valence-corrected chi connectivity index (χ2v) is 6.63. The van der Waals surface area contributed by atoms with E-state index in [0.29, 0.717) is 6.42 Å². The zero-order valence-corrected chi connectivity index (χ0v) is 13.7. The van der Waals surface area contributed by atoms with Crippen LogP contribution in [-0.2, 0) is 6.42 Å². The molecule has 1 aromatic carbocycles. The van der Waals surface area contributed by atoms with E-state index in [-0.39, 0.29) is 11.9 Å². The van der Waals surface area contributed by atoms with Crippen molar-refractivity contribution >= 4 is 43.2 Å². The van der Waals surface area contributed by atoms with Crippen LogP contribution in [0.2, 0.25) is 0 Å². The molecule has 0 saturated carbocycles. The molecule has 0 bridgehead atoms. The van der Waals surface area contributed by atoms with Crippen molar-refractivity contribution < 1.29 is 4.39 Å². The fourth-order valence-electron chi connectivity index (χ4n) is 1.79. The van der Waals surface area contributed by atoms with Crippen LogP contribution in [0.1, 0.15) is 16.5 Å². The lowest BCUT2D eigenvalue weighted by Crippen LogP contribution is -2.18. The second-order valence-electron chi connectivity index (χ2n) is 3.91. The molecular weight excluding hydrogens is 381 g/mol. The van der Waals surface area contributed by atoms with E-state index in [1.807, 2.05) is 30.6 Å². The molecule has 5 heteroatoms. The maximum absolute atomic E-state index is 13.8. The minimum Gasteiger partial charge on any atom is -0.312 e. The van der Waals surface area contributed by atoms with Gasteiger partial charge in [0.05, 0.1) is 0 Å². The molecule has 0 fully saturated rings. The van der Waals surface area contributed by atoms with Crippen molar-refractivity contribution in [3.05, 3.63) is 54.8 Å². The quantitative estimate of drug-likeness (QED) is 0.778. The van der Waals surface area contributed by atoms with E-state index >= 15 is 0 Å². The maximum atomic E-state index is 13.8. The van der Waals surface area contributed by atoms with Crippen LogP contribution in [0.5, 0.6) is 0 Å². The molecule has 1 heterocycles. The summed E-state index contributed by atoms with van der Waals surface area (Å²) in [4.78, 5) is 1.19. The zero-order valence-electron chi connectivity index (χ0n) is 9.71. The number of halogens is 3. The van der Waals surface area contributed by atoms with Gasteiger partial charge in [-0.1, -0.05) is 22.0 Å². The minimum absolute atomic E-state index is 0.120. The highest BCUT2D eigenvalue weighted by atomic mass is 79.9. The number of thiophene rings is 1. The van der Waals surface area contributed by atoms with E-state index in [4.69, 9.17) is 0 Å². The summed E-state index contributed by atoms with van der Waals surface area (Å²) in [6.07, 6.45) is 0.634. The van der Waals surface area contributed by atoms with E-state index in [9.17, 15) is 4.39 Å². The minimum atomic E-state index is -0.169. The molecular formula is C13H12Br2FNS. The summed E-state index contributed by atoms with van der Waals surface area (Å²) in [6, 6.07) is 7.34. The van der Waals surface area contributed by atoms with Gasteiger partial charge in [0.25, 0.3) is 0 Å². The third kappa shape index (κ3) is 3.20. The van der Waals surface area contributed by atoms with Gasteiger partial charge in [-0.15, -0.1) is 11.3 Å². The molecule has 0 saturated heterocycles. The van der Waals surface area contributed by atoms with Gasteiger partial charge in [-0.3, -0.25) is 0 Å². The summed E-state index contributed by atoms with van der Waals surface area (Å²) in [6.45, 7) is 0. The first-order chi connectivity index (χ1) is 8.61. The molecule has 1 atom stereocenters. The van der Waals surface area contributed by atoms with E-state index in [1.54, 1.807) is 11.3 Å². The number of rotatable bonds is 4. The van der Waals surface area contributed by atoms with Crippen molar-refractivity contribution in [2.75, 3.05) is 7.05 Å². The molecule has 0 spiro atoms. The number of benzene rings is 1. The Labute approximate surface area is 127 Å². The third-order valence-corrected chi connectivity index (χ3v) is 5.23. The van der Waals surface area contributed by atoms with E-state index in [2.05, 4.69) is 37.2 Å². The van der Waals surface area contributed by atoms with Crippen LogP contribution < -0.4 is 5.32 Å². The smallest absolute Gasteiger partial charge is 0.127 e. The monoisotopic (exact) mass is 391 g/mol. The van der Waals surface area contributed by atoms with Gasteiger partial charge in [-0.2, -0.15) is 0 Å². The van der Waals surface area contributed by atoms with Crippen molar-refractivity contribution in [1.29, 1.82) is 0 Å². The first-order valence-electron chi connectivity index (χ1n) is 5.46. The fourth-order valence-corrected chi connectivity index (χ4v) is 3.88. The molecule has 0 aliphatic rings. The summed E-state index contributed by atoms with van der Waals surface area (Å²) < 4.78 is 15.7. The van der Waals surface area contributed by atoms with Crippen molar-refractivity contribution in [3.8, 4) is 0 Å². The molecule has 0 amide bonds. The summed E-state index contributed by atoms with van der Waals surface area (Å²) >= 11 is 8.46. The molecule has 0 aliphatic carbocycles. The van der Waals surface area contributed by atoms with Crippen molar-refractivity contribution in [2.45, 2.75) is 12.5 Å². The third-order valence-electron chi connectivity index (χ3n) is 2.75. The summed E-state index contributed by atoms with van der Waals surface area (Å²) in [5.74, 6) is -0.169. The number of hydrogen-bond donors (Lipinski definition) is 1. The van der Waals surface area contributed by atoms with Gasteiger partial charge in [0.1, 0.15) is 5.82 Å². The van der Waals surface area contributed by atoms with Gasteiger partial charge < -0.3 is 5.32 Å². The first kappa shape index (κ1) is 14.2. The molecule has 0 radical (unpaired) electrons. The molecule has 0 aliphatic heterocycles. The number of hydrogen-bond acceptors (Lipinski definition) is 2. The van der Waals surface area contributed by atoms with Crippen LogP contribution in [0, 0.1) is 5.82 Å². The lowest BCUT2D eigenvalue weighted by atomic mass is 10.0. The summed E-state index contributed by atoms with van der Waals surface area (Å²) in [7, 11) is 1.90. The van der Waals surface area contributed by atoms with Gasteiger partial charge >= 0.3 is 0 Å². The largest absolute Gasteiger partial charge is 0.312 e. The SMILES string of the molecule is CNC(Cc1ccc(Br)cc1F)c1sccc1Br. The Kier molecular flexibility index (Phi) is 4.95. The lowest BCUT2D eigenvalue weighted by molar-refractivity contribution is 0.558. The molecule has 1 aromatic heterocycles. The topological polar surface area (TPSA) is 12.0 Å². The highest BCUT2D eigenvalue weighted by Gasteiger charge is 2.16. The van der Waals surface area contributed by atoms with Gasteiger partial charge in [-0.05, 0) is 58.5 Å². The van der Waals surface area contributed by atoms with Crippen LogP contribution in [0.25, 0.3) is 0 Å². The number of nitrogens with one attached hydrogen (secondary N) is 1. The van der Waals surface area contributed by atoms with Crippen LogP contribution >= 0.6 is 43.2 Å². The Hall–Kier alpha value is -0.230. The average molecular weight is 393 g/mol. The highest BCUT2D eigenvalue weighted by Crippen LogP contribution is 2.31. The maximum Gasteiger partial charge on any atom is 0.127 e. The highest BCUT2D eigenvalue weighted by molar-refractivity contribution is 9.10. The normalized spacial score (nSPS) is 12.7. The molecule has 2 rings (SSSR count). The van der Waals surface area contributed by atoms with Crippen LogP contribution in [0.4, 0.5) is 4.39 Å². The van der Waals surface area contributed by atoms with E-state index in [1.165, 1.54) is 10.9 Å². The van der Waals surface area contributed by atoms with Gasteiger partial charge in [0.2, 0.25) is 0 Å². The van der Waals surface area contributed by atoms with Crippen molar-refractivity contribution in [1.82, 2.24) is 5.32 Å². The number of likely N-dealkylation sites (N-methyl/N-ethyl adjacent to an activating group) is 1. The van der Waals surface area contributed by atoms with Crippen molar-refractivity contribution in [2.24, 2.45) is 0 Å². The van der Waals surface area contributed by atoms with Crippen LogP contribution in [0.3, 0.4) is 0 Å². The van der Waals surface area contributed by atoms with Gasteiger partial charge in [0.15, 0.2) is 0 Å². The average Bonchev–Trinajstić information content (AvgIpc) is 2.75. The Morgan fingerprint density at radius 3 is 2.67 bits per heavy atom. The molecule has 1 nitrogen and oxygen atoms in total. The zero-order chi connectivity index (χ0) is 13.1. The fraction of sp³-hybridized carbons (Fsp3) is 0.231. The Morgan fingerprint density at radius 2 is 2.11 bits per heavy atom. The standard InChI is InChI=1S/C13H12Br2FNS/c1-17-12(13-10(15)4-5-18-13)6-8-2-3-9(14)7-11(8)16/h2-5,7,12,17H,6H2,1H3. The van der Waals surface area contributed by atoms with Gasteiger partial charge in [0, 0.05) is 19.9 Å². The predicted octanol–water partition coefficient (Wildman–Crippen LogP) is 4.92. The second kappa shape index (κ2) is 6.28. The molecule has 1 unspecified atom stereocenters. The first-order valence-corrected chi connectivity index (χ1v) is 7.92. The lowest BCUT2D eigenvalue weighted by Gasteiger charge is -2.16. The van der Waals surface area contributed by atoms with Crippen LogP contribution in [-0.4, -0.2) is 7.05 Å². The predicted molar refractivity (Wildman–Crippen MR) is 81.6 cm³/mol. The van der Waals surface area contributed by atoms with E-state index in [0.717, 1.165) is 14.5 Å². The van der Waals surface area contributed by atoms with Crippen molar-refractivity contribution in [3.63, 3.8) is 0 Å². The molecule has 1 N–H and O–H groups in total. The van der Waals surface area contributed by atoms with Gasteiger partial charge in [-0.25, -0.2) is 4.39 Å². The van der Waals surface area contributed by atoms with Crippen LogP contribution in [0.15, 0.2) is 38.6 Å². The molecule has 18 heavy (non-hydrogen) atoms. The molecule has 96 valence electrons. The molecule has 2 aromatic rings.